The van der Waals surface area contributed by atoms with E-state index in [0.29, 0.717) is 0 Å². The second-order valence-corrected chi connectivity index (χ2v) is 9.45. The highest BCUT2D eigenvalue weighted by atomic mass is 19.4. The molecule has 0 aliphatic heterocycles. The lowest BCUT2D eigenvalue weighted by atomic mass is 9.76. The molecule has 0 aromatic rings. The monoisotopic (exact) mass is 812 g/mol. The van der Waals surface area contributed by atoms with E-state index in [2.05, 4.69) is 48.2 Å². The SMILES string of the molecule is C=CC(=O)OCC(OC(F)(F)C(C(C)(F)F)(C(F)(F)OC(F)(COC(=O)C=C)C(F)(F)F)C(F)(F)OC(F)(COC(=O)C=C)C(F)(F)F)C(F)(F)F. The third kappa shape index (κ3) is 10.2. The molecular formula is C24H19F19O9. The Balaban J connectivity index is 8.36. The zero-order valence-electron chi connectivity index (χ0n) is 24.9. The van der Waals surface area contributed by atoms with Crippen LogP contribution in [-0.4, -0.2) is 98.3 Å². The Hall–Kier alpha value is -3.82. The second-order valence-electron chi connectivity index (χ2n) is 9.45. The summed E-state index contributed by atoms with van der Waals surface area (Å²) in [7, 11) is 0. The third-order valence-electron chi connectivity index (χ3n) is 5.73. The molecule has 0 aliphatic carbocycles. The van der Waals surface area contributed by atoms with E-state index in [1.165, 1.54) is 0 Å². The van der Waals surface area contributed by atoms with Crippen LogP contribution in [0.1, 0.15) is 6.92 Å². The summed E-state index contributed by atoms with van der Waals surface area (Å²) in [6.07, 6.45) is -51.8. The first-order valence-corrected chi connectivity index (χ1v) is 12.4. The van der Waals surface area contributed by atoms with Gasteiger partial charge in [-0.15, -0.1) is 0 Å². The molecule has 0 aliphatic rings. The molecule has 0 amide bonds. The van der Waals surface area contributed by atoms with Gasteiger partial charge in [0, 0.05) is 25.2 Å². The van der Waals surface area contributed by atoms with E-state index < -0.39 is 111 Å². The van der Waals surface area contributed by atoms with Gasteiger partial charge in [0.1, 0.15) is 6.61 Å². The van der Waals surface area contributed by atoms with Gasteiger partial charge in [0.25, 0.3) is 5.92 Å². The number of hydrogen-bond donors (Lipinski definition) is 0. The van der Waals surface area contributed by atoms with Crippen molar-refractivity contribution in [2.75, 3.05) is 19.8 Å². The molecule has 28 heteroatoms. The third-order valence-corrected chi connectivity index (χ3v) is 5.73. The highest BCUT2D eigenvalue weighted by Gasteiger charge is 2.94. The van der Waals surface area contributed by atoms with Gasteiger partial charge < -0.3 is 18.9 Å². The standard InChI is InChI=1S/C24H19F19O9/c1-5-12(44)47-8-11(18(29,30)31)50-22(38,39)19(15(4,25)26,23(40,41)51-16(27,20(32,33)34)9-48-13(45)6-2)24(42,43)52-17(28,21(35,36)37)10-49-14(46)7-3/h5-7,11H,1-3,8-10H2,4H3. The Morgan fingerprint density at radius 2 is 0.846 bits per heavy atom. The zero-order chi connectivity index (χ0) is 41.8. The largest absolute Gasteiger partial charge is 0.459 e. The van der Waals surface area contributed by atoms with Crippen LogP contribution in [0.2, 0.25) is 0 Å². The number of carbonyl (C=O) groups excluding carboxylic acids is 3. The number of alkyl halides is 19. The highest BCUT2D eigenvalue weighted by molar-refractivity contribution is 5.81. The molecule has 0 aromatic heterocycles. The van der Waals surface area contributed by atoms with E-state index in [9.17, 15) is 62.7 Å². The van der Waals surface area contributed by atoms with Crippen LogP contribution in [-0.2, 0) is 42.8 Å². The molecule has 0 bridgehead atoms. The fraction of sp³-hybridized carbons (Fsp3) is 0.625. The Bertz CT molecular complexity index is 1260. The number of carbonyl (C=O) groups is 3. The van der Waals surface area contributed by atoms with Crippen molar-refractivity contribution in [1.82, 2.24) is 0 Å². The first-order valence-electron chi connectivity index (χ1n) is 12.4. The maximum atomic E-state index is 15.6. The summed E-state index contributed by atoms with van der Waals surface area (Å²) in [5, 5.41) is 0. The molecule has 0 saturated heterocycles. The molecule has 0 fully saturated rings. The molecular weight excluding hydrogens is 793 g/mol. The van der Waals surface area contributed by atoms with Gasteiger partial charge in [-0.2, -0.15) is 74.6 Å². The van der Waals surface area contributed by atoms with Crippen molar-refractivity contribution >= 4 is 17.9 Å². The van der Waals surface area contributed by atoms with Gasteiger partial charge in [-0.3, -0.25) is 9.47 Å². The summed E-state index contributed by atoms with van der Waals surface area (Å²) in [6.45, 7) is -3.98. The first kappa shape index (κ1) is 48.2. The fourth-order valence-corrected chi connectivity index (χ4v) is 3.30. The van der Waals surface area contributed by atoms with Gasteiger partial charge in [0.05, 0.1) is 0 Å². The summed E-state index contributed by atoms with van der Waals surface area (Å²) in [5.74, 6) is -27.6. The Labute approximate surface area is 275 Å². The second kappa shape index (κ2) is 15.7. The van der Waals surface area contributed by atoms with Crippen molar-refractivity contribution in [2.45, 2.75) is 67.5 Å². The number of esters is 3. The van der Waals surface area contributed by atoms with Gasteiger partial charge in [-0.1, -0.05) is 19.7 Å². The number of rotatable bonds is 19. The molecule has 0 N–H and O–H groups in total. The minimum Gasteiger partial charge on any atom is -0.459 e. The molecule has 0 aromatic carbocycles. The van der Waals surface area contributed by atoms with E-state index in [4.69, 9.17) is 0 Å². The van der Waals surface area contributed by atoms with Crippen LogP contribution in [0.3, 0.4) is 0 Å². The van der Waals surface area contributed by atoms with Gasteiger partial charge in [0.2, 0.25) is 0 Å². The average molecular weight is 812 g/mol. The molecule has 0 heterocycles. The fourth-order valence-electron chi connectivity index (χ4n) is 3.30. The zero-order valence-corrected chi connectivity index (χ0v) is 24.9. The molecule has 0 spiro atoms. The van der Waals surface area contributed by atoms with E-state index >= 15 is 35.1 Å². The van der Waals surface area contributed by atoms with Crippen molar-refractivity contribution in [1.29, 1.82) is 0 Å². The Morgan fingerprint density at radius 1 is 0.538 bits per heavy atom. The topological polar surface area (TPSA) is 107 Å². The molecule has 302 valence electrons. The van der Waals surface area contributed by atoms with Crippen LogP contribution in [0, 0.1) is 5.41 Å². The molecule has 0 saturated carbocycles. The molecule has 0 rings (SSSR count). The average Bonchev–Trinajstić information content (AvgIpc) is 2.92. The predicted molar refractivity (Wildman–Crippen MR) is 124 cm³/mol. The maximum Gasteiger partial charge on any atom is 0.452 e. The van der Waals surface area contributed by atoms with E-state index in [-0.39, 0.29) is 18.2 Å². The van der Waals surface area contributed by atoms with Crippen LogP contribution in [0.5, 0.6) is 0 Å². The molecule has 3 atom stereocenters. The van der Waals surface area contributed by atoms with E-state index in [1.807, 2.05) is 0 Å². The van der Waals surface area contributed by atoms with Crippen molar-refractivity contribution in [3.63, 3.8) is 0 Å². The summed E-state index contributed by atoms with van der Waals surface area (Å²) < 4.78 is 293. The number of hydrogen-bond acceptors (Lipinski definition) is 9. The molecule has 0 radical (unpaired) electrons. The lowest BCUT2D eigenvalue weighted by molar-refractivity contribution is -0.575. The van der Waals surface area contributed by atoms with Gasteiger partial charge in [0.15, 0.2) is 19.3 Å². The Kier molecular flexibility index (Phi) is 14.5. The van der Waals surface area contributed by atoms with E-state index in [0.717, 1.165) is 0 Å². The Morgan fingerprint density at radius 3 is 1.10 bits per heavy atom. The van der Waals surface area contributed by atoms with Gasteiger partial charge in [-0.05, 0) is 0 Å². The van der Waals surface area contributed by atoms with Crippen molar-refractivity contribution in [2.24, 2.45) is 5.41 Å². The molecule has 9 nitrogen and oxygen atoms in total. The van der Waals surface area contributed by atoms with Gasteiger partial charge >= 0.3 is 71.9 Å². The summed E-state index contributed by atoms with van der Waals surface area (Å²) >= 11 is 0. The highest BCUT2D eigenvalue weighted by Crippen LogP contribution is 2.68. The van der Waals surface area contributed by atoms with Crippen LogP contribution in [0.4, 0.5) is 83.4 Å². The van der Waals surface area contributed by atoms with Crippen LogP contribution < -0.4 is 0 Å². The van der Waals surface area contributed by atoms with Crippen molar-refractivity contribution in [3.05, 3.63) is 38.0 Å². The van der Waals surface area contributed by atoms with Crippen molar-refractivity contribution < 1.29 is 126 Å². The minimum atomic E-state index is -8.43. The van der Waals surface area contributed by atoms with Crippen LogP contribution in [0.25, 0.3) is 0 Å². The quantitative estimate of drug-likeness (QED) is 0.0589. The van der Waals surface area contributed by atoms with Crippen LogP contribution >= 0.6 is 0 Å². The molecule has 52 heavy (non-hydrogen) atoms. The first-order chi connectivity index (χ1) is 22.9. The van der Waals surface area contributed by atoms with Gasteiger partial charge in [-0.25, -0.2) is 23.2 Å². The summed E-state index contributed by atoms with van der Waals surface area (Å²) in [5.41, 5.74) is -8.43. The minimum absolute atomic E-state index is 0.0751. The smallest absolute Gasteiger partial charge is 0.452 e. The van der Waals surface area contributed by atoms with Crippen molar-refractivity contribution in [3.8, 4) is 0 Å². The summed E-state index contributed by atoms with van der Waals surface area (Å²) in [6, 6.07) is 0. The predicted octanol–water partition coefficient (Wildman–Crippen LogP) is 7.03. The van der Waals surface area contributed by atoms with E-state index in [1.54, 1.807) is 0 Å². The normalized spacial score (nSPS) is 17.8. The maximum absolute atomic E-state index is 15.6. The molecule has 3 unspecified atom stereocenters. The number of ether oxygens (including phenoxy) is 6. The lowest BCUT2D eigenvalue weighted by Gasteiger charge is -2.51. The van der Waals surface area contributed by atoms with Crippen LogP contribution in [0.15, 0.2) is 38.0 Å². The summed E-state index contributed by atoms with van der Waals surface area (Å²) in [4.78, 5) is 33.3. The number of halogens is 19. The lowest BCUT2D eigenvalue weighted by Crippen LogP contribution is -2.76.